The molecule has 1 aliphatic heterocycles. The van der Waals surface area contributed by atoms with E-state index in [0.717, 1.165) is 31.8 Å². The maximum absolute atomic E-state index is 6.02. The van der Waals surface area contributed by atoms with Gasteiger partial charge >= 0.3 is 0 Å². The molecule has 2 heterocycles. The number of anilines is 1. The SMILES string of the molecule is CCC(N)Cc1cnc(N2CCCC(C)C2)c(C)c1. The predicted molar refractivity (Wildman–Crippen MR) is 81.6 cm³/mol. The number of nitrogens with two attached hydrogens (primary N) is 1. The molecule has 1 aliphatic rings. The molecule has 3 heteroatoms. The Hall–Kier alpha value is -1.09. The zero-order valence-corrected chi connectivity index (χ0v) is 12.5. The lowest BCUT2D eigenvalue weighted by atomic mass is 9.99. The Morgan fingerprint density at radius 3 is 2.95 bits per heavy atom. The number of hydrogen-bond acceptors (Lipinski definition) is 3. The van der Waals surface area contributed by atoms with Crippen LogP contribution in [0.2, 0.25) is 0 Å². The Bertz CT molecular complexity index is 416. The second kappa shape index (κ2) is 6.38. The zero-order chi connectivity index (χ0) is 13.8. The number of aromatic nitrogens is 1. The summed E-state index contributed by atoms with van der Waals surface area (Å²) in [7, 11) is 0. The third-order valence-electron chi connectivity index (χ3n) is 4.09. The minimum Gasteiger partial charge on any atom is -0.356 e. The van der Waals surface area contributed by atoms with Crippen molar-refractivity contribution in [3.8, 4) is 0 Å². The van der Waals surface area contributed by atoms with Crippen molar-refractivity contribution in [1.82, 2.24) is 4.98 Å². The van der Waals surface area contributed by atoms with Gasteiger partial charge in [-0.05, 0) is 49.7 Å². The zero-order valence-electron chi connectivity index (χ0n) is 12.5. The van der Waals surface area contributed by atoms with Gasteiger partial charge in [-0.1, -0.05) is 19.9 Å². The summed E-state index contributed by atoms with van der Waals surface area (Å²) in [5.41, 5.74) is 8.57. The van der Waals surface area contributed by atoms with Gasteiger partial charge in [0, 0.05) is 25.3 Å². The third kappa shape index (κ3) is 3.69. The van der Waals surface area contributed by atoms with Gasteiger partial charge in [0.25, 0.3) is 0 Å². The molecule has 0 radical (unpaired) electrons. The van der Waals surface area contributed by atoms with Gasteiger partial charge in [-0.3, -0.25) is 0 Å². The Kier molecular flexibility index (Phi) is 4.81. The summed E-state index contributed by atoms with van der Waals surface area (Å²) in [6, 6.07) is 2.51. The average molecular weight is 261 g/mol. The van der Waals surface area contributed by atoms with Crippen molar-refractivity contribution < 1.29 is 0 Å². The van der Waals surface area contributed by atoms with Gasteiger partial charge in [0.05, 0.1) is 0 Å². The molecule has 1 saturated heterocycles. The van der Waals surface area contributed by atoms with Crippen molar-refractivity contribution in [2.24, 2.45) is 11.7 Å². The van der Waals surface area contributed by atoms with Crippen molar-refractivity contribution in [2.75, 3.05) is 18.0 Å². The number of rotatable bonds is 4. The van der Waals surface area contributed by atoms with E-state index in [-0.39, 0.29) is 6.04 Å². The fourth-order valence-electron chi connectivity index (χ4n) is 2.90. The normalized spacial score (nSPS) is 21.5. The summed E-state index contributed by atoms with van der Waals surface area (Å²) in [5, 5.41) is 0. The van der Waals surface area contributed by atoms with E-state index in [1.807, 2.05) is 6.20 Å². The molecule has 2 N–H and O–H groups in total. The fraction of sp³-hybridized carbons (Fsp3) is 0.688. The third-order valence-corrected chi connectivity index (χ3v) is 4.09. The van der Waals surface area contributed by atoms with Crippen LogP contribution in [0.25, 0.3) is 0 Å². The van der Waals surface area contributed by atoms with E-state index in [1.165, 1.54) is 29.8 Å². The van der Waals surface area contributed by atoms with Crippen molar-refractivity contribution in [1.29, 1.82) is 0 Å². The Balaban J connectivity index is 2.10. The smallest absolute Gasteiger partial charge is 0.131 e. The highest BCUT2D eigenvalue weighted by atomic mass is 15.2. The minimum atomic E-state index is 0.252. The largest absolute Gasteiger partial charge is 0.356 e. The maximum Gasteiger partial charge on any atom is 0.131 e. The van der Waals surface area contributed by atoms with Crippen LogP contribution in [0.4, 0.5) is 5.82 Å². The van der Waals surface area contributed by atoms with Crippen LogP contribution in [0.15, 0.2) is 12.3 Å². The van der Waals surface area contributed by atoms with Crippen molar-refractivity contribution >= 4 is 5.82 Å². The molecule has 19 heavy (non-hydrogen) atoms. The molecule has 0 spiro atoms. The van der Waals surface area contributed by atoms with Gasteiger partial charge in [-0.2, -0.15) is 0 Å². The predicted octanol–water partition coefficient (Wildman–Crippen LogP) is 2.91. The topological polar surface area (TPSA) is 42.1 Å². The van der Waals surface area contributed by atoms with E-state index in [0.29, 0.717) is 0 Å². The van der Waals surface area contributed by atoms with Gasteiger partial charge in [0.1, 0.15) is 5.82 Å². The number of aryl methyl sites for hydroxylation is 1. The van der Waals surface area contributed by atoms with E-state index in [9.17, 15) is 0 Å². The van der Waals surface area contributed by atoms with E-state index >= 15 is 0 Å². The molecule has 0 bridgehead atoms. The highest BCUT2D eigenvalue weighted by Gasteiger charge is 2.19. The first kappa shape index (κ1) is 14.3. The molecule has 1 aromatic heterocycles. The molecule has 3 nitrogen and oxygen atoms in total. The van der Waals surface area contributed by atoms with Gasteiger partial charge in [0.2, 0.25) is 0 Å². The van der Waals surface area contributed by atoms with Crippen LogP contribution in [0, 0.1) is 12.8 Å². The van der Waals surface area contributed by atoms with Crippen molar-refractivity contribution in [2.45, 2.75) is 52.5 Å². The lowest BCUT2D eigenvalue weighted by Crippen LogP contribution is -2.35. The second-order valence-electron chi connectivity index (χ2n) is 6.05. The summed E-state index contributed by atoms with van der Waals surface area (Å²) in [6.45, 7) is 8.92. The van der Waals surface area contributed by atoms with Crippen LogP contribution < -0.4 is 10.6 Å². The summed E-state index contributed by atoms with van der Waals surface area (Å²) < 4.78 is 0. The van der Waals surface area contributed by atoms with Gasteiger partial charge in [-0.25, -0.2) is 4.98 Å². The minimum absolute atomic E-state index is 0.252. The maximum atomic E-state index is 6.02. The number of hydrogen-bond donors (Lipinski definition) is 1. The molecule has 0 aromatic carbocycles. The molecule has 1 aromatic rings. The van der Waals surface area contributed by atoms with Gasteiger partial charge in [0.15, 0.2) is 0 Å². The molecule has 2 atom stereocenters. The molecule has 2 rings (SSSR count). The average Bonchev–Trinajstić information content (AvgIpc) is 2.38. The first-order chi connectivity index (χ1) is 9.10. The molecule has 106 valence electrons. The standard InChI is InChI=1S/C16H27N3/c1-4-15(17)9-14-8-13(3)16(18-10-14)19-7-5-6-12(2)11-19/h8,10,12,15H,4-7,9,11,17H2,1-3H3. The monoisotopic (exact) mass is 261 g/mol. The Morgan fingerprint density at radius 1 is 1.53 bits per heavy atom. The van der Waals surface area contributed by atoms with E-state index in [4.69, 9.17) is 10.7 Å². The molecule has 2 unspecified atom stereocenters. The van der Waals surface area contributed by atoms with Crippen LogP contribution in [0.3, 0.4) is 0 Å². The van der Waals surface area contributed by atoms with E-state index in [1.54, 1.807) is 0 Å². The molecule has 0 amide bonds. The Labute approximate surface area is 117 Å². The lowest BCUT2D eigenvalue weighted by Gasteiger charge is -2.33. The van der Waals surface area contributed by atoms with Crippen molar-refractivity contribution in [3.05, 3.63) is 23.4 Å². The fourth-order valence-corrected chi connectivity index (χ4v) is 2.90. The molecule has 0 saturated carbocycles. The number of nitrogens with zero attached hydrogens (tertiary/aromatic N) is 2. The number of piperidine rings is 1. The molecular weight excluding hydrogens is 234 g/mol. The van der Waals surface area contributed by atoms with Crippen LogP contribution in [-0.2, 0) is 6.42 Å². The summed E-state index contributed by atoms with van der Waals surface area (Å²) >= 11 is 0. The van der Waals surface area contributed by atoms with E-state index < -0.39 is 0 Å². The lowest BCUT2D eigenvalue weighted by molar-refractivity contribution is 0.444. The molecule has 0 aliphatic carbocycles. The summed E-state index contributed by atoms with van der Waals surface area (Å²) in [4.78, 5) is 7.13. The summed E-state index contributed by atoms with van der Waals surface area (Å²) in [6.07, 6.45) is 6.59. The van der Waals surface area contributed by atoms with Gasteiger partial charge < -0.3 is 10.6 Å². The van der Waals surface area contributed by atoms with Crippen LogP contribution in [-0.4, -0.2) is 24.1 Å². The number of pyridine rings is 1. The van der Waals surface area contributed by atoms with Crippen molar-refractivity contribution in [3.63, 3.8) is 0 Å². The molecule has 1 fully saturated rings. The molecular formula is C16H27N3. The van der Waals surface area contributed by atoms with Crippen LogP contribution in [0.1, 0.15) is 44.2 Å². The summed E-state index contributed by atoms with van der Waals surface area (Å²) in [5.74, 6) is 1.95. The quantitative estimate of drug-likeness (QED) is 0.906. The first-order valence-corrected chi connectivity index (χ1v) is 7.56. The van der Waals surface area contributed by atoms with Crippen LogP contribution in [0.5, 0.6) is 0 Å². The highest BCUT2D eigenvalue weighted by molar-refractivity contribution is 5.47. The van der Waals surface area contributed by atoms with E-state index in [2.05, 4.69) is 31.7 Å². The highest BCUT2D eigenvalue weighted by Crippen LogP contribution is 2.24. The van der Waals surface area contributed by atoms with Gasteiger partial charge in [-0.15, -0.1) is 0 Å². The second-order valence-corrected chi connectivity index (χ2v) is 6.05. The Morgan fingerprint density at radius 2 is 2.32 bits per heavy atom. The first-order valence-electron chi connectivity index (χ1n) is 7.56. The van der Waals surface area contributed by atoms with Crippen LogP contribution >= 0.6 is 0 Å².